The standard InChI is InChI=1S/C19H31NO6/c1-19(2,3)25-17(23)11-9-7-5-4-6-8-10-12-18(24)26-20-15(21)13-14-16(20)22/h4-14H2,1-3H3. The van der Waals surface area contributed by atoms with Crippen LogP contribution in [-0.4, -0.2) is 34.4 Å². The van der Waals surface area contributed by atoms with Crippen LogP contribution in [0.1, 0.15) is 91.4 Å². The number of carbonyl (C=O) groups is 4. The number of unbranched alkanes of at least 4 members (excludes halogenated alkanes) is 6. The molecule has 1 aliphatic heterocycles. The molecule has 0 radical (unpaired) electrons. The molecule has 26 heavy (non-hydrogen) atoms. The lowest BCUT2D eigenvalue weighted by molar-refractivity contribution is -0.197. The molecule has 1 saturated heterocycles. The van der Waals surface area contributed by atoms with E-state index in [-0.39, 0.29) is 25.2 Å². The summed E-state index contributed by atoms with van der Waals surface area (Å²) in [6.45, 7) is 5.59. The maximum atomic E-state index is 11.6. The van der Waals surface area contributed by atoms with Gasteiger partial charge in [0.15, 0.2) is 0 Å². The van der Waals surface area contributed by atoms with Gasteiger partial charge in [-0.15, -0.1) is 5.06 Å². The number of esters is 1. The van der Waals surface area contributed by atoms with Gasteiger partial charge in [0.2, 0.25) is 0 Å². The van der Waals surface area contributed by atoms with Gasteiger partial charge in [-0.25, -0.2) is 4.79 Å². The van der Waals surface area contributed by atoms with E-state index in [4.69, 9.17) is 9.57 Å². The fraction of sp³-hybridized carbons (Fsp3) is 0.789. The molecule has 1 heterocycles. The molecule has 2 amide bonds. The topological polar surface area (TPSA) is 90.0 Å². The smallest absolute Gasteiger partial charge is 0.333 e. The number of ether oxygens (including phenoxy) is 1. The van der Waals surface area contributed by atoms with Gasteiger partial charge in [-0.05, 0) is 33.6 Å². The maximum absolute atomic E-state index is 11.6. The van der Waals surface area contributed by atoms with E-state index >= 15 is 0 Å². The van der Waals surface area contributed by atoms with Crippen LogP contribution in [0.15, 0.2) is 0 Å². The Balaban J connectivity index is 1.94. The molecule has 0 bridgehead atoms. The summed E-state index contributed by atoms with van der Waals surface area (Å²) in [6, 6.07) is 0. The van der Waals surface area contributed by atoms with Crippen LogP contribution < -0.4 is 0 Å². The maximum Gasteiger partial charge on any atom is 0.333 e. The lowest BCUT2D eigenvalue weighted by atomic mass is 10.1. The van der Waals surface area contributed by atoms with Gasteiger partial charge in [-0.3, -0.25) is 14.4 Å². The molecule has 0 saturated carbocycles. The molecule has 0 unspecified atom stereocenters. The fourth-order valence-corrected chi connectivity index (χ4v) is 2.62. The summed E-state index contributed by atoms with van der Waals surface area (Å²) in [5, 5.41) is 0.590. The highest BCUT2D eigenvalue weighted by molar-refractivity contribution is 6.01. The molecule has 7 heteroatoms. The average Bonchev–Trinajstić information content (AvgIpc) is 2.83. The Labute approximate surface area is 155 Å². The van der Waals surface area contributed by atoms with Gasteiger partial charge in [0, 0.05) is 25.7 Å². The van der Waals surface area contributed by atoms with Crippen LogP contribution in [0.5, 0.6) is 0 Å². The first kappa shape index (κ1) is 22.1. The first-order chi connectivity index (χ1) is 12.2. The van der Waals surface area contributed by atoms with E-state index in [0.717, 1.165) is 38.5 Å². The monoisotopic (exact) mass is 369 g/mol. The lowest BCUT2D eigenvalue weighted by Gasteiger charge is -2.19. The highest BCUT2D eigenvalue weighted by Gasteiger charge is 2.32. The Bertz CT molecular complexity index is 493. The Morgan fingerprint density at radius 3 is 1.69 bits per heavy atom. The second-order valence-corrected chi connectivity index (χ2v) is 7.61. The van der Waals surface area contributed by atoms with E-state index in [9.17, 15) is 19.2 Å². The third-order valence-electron chi connectivity index (χ3n) is 3.88. The van der Waals surface area contributed by atoms with Crippen LogP contribution in [0.2, 0.25) is 0 Å². The molecule has 1 aliphatic rings. The van der Waals surface area contributed by atoms with Gasteiger partial charge in [0.1, 0.15) is 5.60 Å². The predicted molar refractivity (Wildman–Crippen MR) is 94.6 cm³/mol. The normalized spacial score (nSPS) is 14.7. The van der Waals surface area contributed by atoms with Crippen LogP contribution >= 0.6 is 0 Å². The number of carbonyl (C=O) groups excluding carboxylic acids is 4. The van der Waals surface area contributed by atoms with Crippen LogP contribution in [0, 0.1) is 0 Å². The van der Waals surface area contributed by atoms with E-state index in [2.05, 4.69) is 0 Å². The highest BCUT2D eigenvalue weighted by atomic mass is 16.7. The van der Waals surface area contributed by atoms with Crippen molar-refractivity contribution in [3.05, 3.63) is 0 Å². The van der Waals surface area contributed by atoms with Crippen molar-refractivity contribution < 1.29 is 28.8 Å². The van der Waals surface area contributed by atoms with Crippen molar-refractivity contribution in [3.63, 3.8) is 0 Å². The molecule has 7 nitrogen and oxygen atoms in total. The van der Waals surface area contributed by atoms with Gasteiger partial charge < -0.3 is 9.57 Å². The third-order valence-corrected chi connectivity index (χ3v) is 3.88. The first-order valence-electron chi connectivity index (χ1n) is 9.47. The Kier molecular flexibility index (Phi) is 9.30. The third kappa shape index (κ3) is 9.53. The van der Waals surface area contributed by atoms with Crippen molar-refractivity contribution in [2.75, 3.05) is 0 Å². The average molecular weight is 369 g/mol. The van der Waals surface area contributed by atoms with E-state index in [0.29, 0.717) is 17.9 Å². The Morgan fingerprint density at radius 1 is 0.808 bits per heavy atom. The highest BCUT2D eigenvalue weighted by Crippen LogP contribution is 2.15. The molecule has 0 atom stereocenters. The number of hydrogen-bond acceptors (Lipinski definition) is 6. The minimum atomic E-state index is -0.536. The number of hydrogen-bond donors (Lipinski definition) is 0. The summed E-state index contributed by atoms with van der Waals surface area (Å²) in [4.78, 5) is 50.6. The summed E-state index contributed by atoms with van der Waals surface area (Å²) < 4.78 is 5.25. The van der Waals surface area contributed by atoms with Gasteiger partial charge in [-0.1, -0.05) is 32.1 Å². The van der Waals surface area contributed by atoms with Crippen LogP contribution in [0.3, 0.4) is 0 Å². The minimum absolute atomic E-state index is 0.111. The zero-order valence-electron chi connectivity index (χ0n) is 16.2. The molecule has 0 N–H and O–H groups in total. The zero-order chi connectivity index (χ0) is 19.6. The molecule has 148 valence electrons. The quantitative estimate of drug-likeness (QED) is 0.315. The Morgan fingerprint density at radius 2 is 1.23 bits per heavy atom. The van der Waals surface area contributed by atoms with E-state index in [1.165, 1.54) is 0 Å². The molecular weight excluding hydrogens is 338 g/mol. The predicted octanol–water partition coefficient (Wildman–Crippen LogP) is 3.45. The Hall–Kier alpha value is -1.92. The molecule has 0 aromatic carbocycles. The fourth-order valence-electron chi connectivity index (χ4n) is 2.62. The zero-order valence-corrected chi connectivity index (χ0v) is 16.2. The molecule has 0 spiro atoms. The van der Waals surface area contributed by atoms with Gasteiger partial charge in [0.05, 0.1) is 0 Å². The first-order valence-corrected chi connectivity index (χ1v) is 9.47. The summed E-state index contributed by atoms with van der Waals surface area (Å²) >= 11 is 0. The van der Waals surface area contributed by atoms with Crippen molar-refractivity contribution in [1.29, 1.82) is 0 Å². The number of imide groups is 1. The van der Waals surface area contributed by atoms with Crippen LogP contribution in [-0.2, 0) is 28.8 Å². The van der Waals surface area contributed by atoms with E-state index < -0.39 is 23.4 Å². The molecule has 0 aromatic rings. The van der Waals surface area contributed by atoms with Crippen LogP contribution in [0.4, 0.5) is 0 Å². The SMILES string of the molecule is CC(C)(C)OC(=O)CCCCCCCCCC(=O)ON1C(=O)CCC1=O. The summed E-state index contributed by atoms with van der Waals surface area (Å²) in [7, 11) is 0. The van der Waals surface area contributed by atoms with Crippen molar-refractivity contribution in [2.45, 2.75) is 97.0 Å². The lowest BCUT2D eigenvalue weighted by Crippen LogP contribution is -2.31. The van der Waals surface area contributed by atoms with Crippen molar-refractivity contribution in [3.8, 4) is 0 Å². The largest absolute Gasteiger partial charge is 0.460 e. The molecule has 0 aromatic heterocycles. The number of amides is 2. The molecule has 1 fully saturated rings. The summed E-state index contributed by atoms with van der Waals surface area (Å²) in [5.74, 6) is -1.58. The summed E-state index contributed by atoms with van der Waals surface area (Å²) in [5.41, 5.74) is -0.423. The second-order valence-electron chi connectivity index (χ2n) is 7.61. The van der Waals surface area contributed by atoms with Crippen molar-refractivity contribution in [2.24, 2.45) is 0 Å². The van der Waals surface area contributed by atoms with Gasteiger partial charge in [0.25, 0.3) is 11.8 Å². The van der Waals surface area contributed by atoms with E-state index in [1.807, 2.05) is 20.8 Å². The van der Waals surface area contributed by atoms with Gasteiger partial charge in [-0.2, -0.15) is 0 Å². The molecule has 1 rings (SSSR count). The number of nitrogens with zero attached hydrogens (tertiary/aromatic N) is 1. The summed E-state index contributed by atoms with van der Waals surface area (Å²) in [6.07, 6.45) is 7.36. The second kappa shape index (κ2) is 10.9. The minimum Gasteiger partial charge on any atom is -0.460 e. The number of rotatable bonds is 11. The number of hydroxylamine groups is 2. The van der Waals surface area contributed by atoms with Crippen molar-refractivity contribution >= 4 is 23.8 Å². The molecule has 0 aliphatic carbocycles. The molecular formula is C19H31NO6. The van der Waals surface area contributed by atoms with Gasteiger partial charge >= 0.3 is 11.9 Å². The van der Waals surface area contributed by atoms with Crippen molar-refractivity contribution in [1.82, 2.24) is 5.06 Å². The van der Waals surface area contributed by atoms with Crippen LogP contribution in [0.25, 0.3) is 0 Å². The van der Waals surface area contributed by atoms with E-state index in [1.54, 1.807) is 0 Å².